The minimum atomic E-state index is -1.19. The van der Waals surface area contributed by atoms with Crippen LogP contribution in [0.2, 0.25) is 0 Å². The van der Waals surface area contributed by atoms with Crippen LogP contribution in [-0.2, 0) is 0 Å². The standard InChI is InChI=1S/C9H7N3O2/c13-9(14)7-3-1-6(2-4-7)8-10-5-11-12-8/h1-5H,(H,13,14)(H,10,11,12)/p-1. The Labute approximate surface area is 79.4 Å². The normalized spacial score (nSPS) is 10.0. The van der Waals surface area contributed by atoms with E-state index in [0.29, 0.717) is 5.82 Å². The lowest BCUT2D eigenvalue weighted by atomic mass is 10.1. The van der Waals surface area contributed by atoms with Crippen LogP contribution in [0.3, 0.4) is 0 Å². The van der Waals surface area contributed by atoms with Gasteiger partial charge < -0.3 is 9.90 Å². The van der Waals surface area contributed by atoms with Crippen molar-refractivity contribution in [1.82, 2.24) is 15.2 Å². The van der Waals surface area contributed by atoms with E-state index in [-0.39, 0.29) is 5.56 Å². The number of nitrogens with one attached hydrogen (secondary N) is 1. The van der Waals surface area contributed by atoms with Crippen molar-refractivity contribution in [2.45, 2.75) is 0 Å². The smallest absolute Gasteiger partial charge is 0.155 e. The molecule has 0 amide bonds. The quantitative estimate of drug-likeness (QED) is 0.709. The average Bonchev–Trinajstić information content (AvgIpc) is 2.71. The van der Waals surface area contributed by atoms with Gasteiger partial charge in [0.15, 0.2) is 5.82 Å². The number of carbonyl (C=O) groups excluding carboxylic acids is 1. The Hall–Kier alpha value is -2.17. The van der Waals surface area contributed by atoms with Crippen molar-refractivity contribution in [3.8, 4) is 11.4 Å². The summed E-state index contributed by atoms with van der Waals surface area (Å²) in [6, 6.07) is 6.22. The molecule has 2 rings (SSSR count). The fourth-order valence-electron chi connectivity index (χ4n) is 1.11. The summed E-state index contributed by atoms with van der Waals surface area (Å²) in [4.78, 5) is 14.4. The molecule has 70 valence electrons. The van der Waals surface area contributed by atoms with E-state index in [1.807, 2.05) is 0 Å². The highest BCUT2D eigenvalue weighted by Gasteiger charge is 2.00. The van der Waals surface area contributed by atoms with E-state index in [2.05, 4.69) is 15.2 Å². The van der Waals surface area contributed by atoms with Gasteiger partial charge in [-0.3, -0.25) is 5.10 Å². The first-order valence-corrected chi connectivity index (χ1v) is 3.94. The number of aromatic nitrogens is 3. The van der Waals surface area contributed by atoms with Gasteiger partial charge in [0, 0.05) is 5.56 Å². The molecule has 0 fully saturated rings. The lowest BCUT2D eigenvalue weighted by molar-refractivity contribution is -0.255. The predicted molar refractivity (Wildman–Crippen MR) is 46.1 cm³/mol. The van der Waals surface area contributed by atoms with Gasteiger partial charge in [0.1, 0.15) is 6.33 Å². The van der Waals surface area contributed by atoms with Crippen LogP contribution in [0.4, 0.5) is 0 Å². The van der Waals surface area contributed by atoms with Crippen molar-refractivity contribution in [3.63, 3.8) is 0 Å². The summed E-state index contributed by atoms with van der Waals surface area (Å²) in [6.07, 6.45) is 1.39. The largest absolute Gasteiger partial charge is 0.545 e. The molecule has 0 aliphatic rings. The first kappa shape index (κ1) is 8.43. The third-order valence-electron chi connectivity index (χ3n) is 1.81. The summed E-state index contributed by atoms with van der Waals surface area (Å²) >= 11 is 0. The molecule has 0 bridgehead atoms. The summed E-state index contributed by atoms with van der Waals surface area (Å²) in [5, 5.41) is 16.8. The zero-order chi connectivity index (χ0) is 9.97. The summed E-state index contributed by atoms with van der Waals surface area (Å²) < 4.78 is 0. The van der Waals surface area contributed by atoms with Crippen LogP contribution >= 0.6 is 0 Å². The van der Waals surface area contributed by atoms with Crippen LogP contribution in [0.1, 0.15) is 10.4 Å². The van der Waals surface area contributed by atoms with Crippen molar-refractivity contribution < 1.29 is 9.90 Å². The molecule has 0 radical (unpaired) electrons. The number of carboxylic acid groups (broad SMARTS) is 1. The number of carbonyl (C=O) groups is 1. The SMILES string of the molecule is O=C([O-])c1ccc(-c2ncn[nH]2)cc1. The molecular weight excluding hydrogens is 182 g/mol. The Balaban J connectivity index is 2.36. The van der Waals surface area contributed by atoms with Gasteiger partial charge in [0.05, 0.1) is 5.97 Å². The molecule has 1 N–H and O–H groups in total. The van der Waals surface area contributed by atoms with Gasteiger partial charge >= 0.3 is 0 Å². The highest BCUT2D eigenvalue weighted by atomic mass is 16.4. The Morgan fingerprint density at radius 2 is 2.00 bits per heavy atom. The maximum atomic E-state index is 10.5. The van der Waals surface area contributed by atoms with Crippen LogP contribution in [0, 0.1) is 0 Å². The highest BCUT2D eigenvalue weighted by molar-refractivity contribution is 5.86. The molecule has 14 heavy (non-hydrogen) atoms. The van der Waals surface area contributed by atoms with E-state index in [9.17, 15) is 9.90 Å². The monoisotopic (exact) mass is 188 g/mol. The van der Waals surface area contributed by atoms with Gasteiger partial charge in [-0.25, -0.2) is 4.98 Å². The van der Waals surface area contributed by atoms with E-state index in [0.717, 1.165) is 5.56 Å². The summed E-state index contributed by atoms with van der Waals surface area (Å²) in [7, 11) is 0. The fraction of sp³-hybridized carbons (Fsp3) is 0. The topological polar surface area (TPSA) is 81.7 Å². The van der Waals surface area contributed by atoms with E-state index in [1.165, 1.54) is 18.5 Å². The molecule has 0 spiro atoms. The number of carboxylic acids is 1. The molecule has 0 aliphatic heterocycles. The molecular formula is C9H6N3O2-. The van der Waals surface area contributed by atoms with E-state index in [4.69, 9.17) is 0 Å². The number of H-pyrrole nitrogens is 1. The maximum Gasteiger partial charge on any atom is 0.155 e. The number of nitrogens with zero attached hydrogens (tertiary/aromatic N) is 2. The third-order valence-corrected chi connectivity index (χ3v) is 1.81. The van der Waals surface area contributed by atoms with E-state index >= 15 is 0 Å². The number of hydrogen-bond acceptors (Lipinski definition) is 4. The molecule has 0 aliphatic carbocycles. The van der Waals surface area contributed by atoms with E-state index in [1.54, 1.807) is 12.1 Å². The second-order valence-corrected chi connectivity index (χ2v) is 2.70. The van der Waals surface area contributed by atoms with Crippen molar-refractivity contribution in [1.29, 1.82) is 0 Å². The number of rotatable bonds is 2. The van der Waals surface area contributed by atoms with Gasteiger partial charge in [0.25, 0.3) is 0 Å². The maximum absolute atomic E-state index is 10.5. The van der Waals surface area contributed by atoms with Crippen LogP contribution < -0.4 is 5.11 Å². The van der Waals surface area contributed by atoms with Gasteiger partial charge in [-0.1, -0.05) is 24.3 Å². The molecule has 5 heteroatoms. The lowest BCUT2D eigenvalue weighted by Crippen LogP contribution is -2.21. The van der Waals surface area contributed by atoms with Gasteiger partial charge in [-0.2, -0.15) is 5.10 Å². The molecule has 1 heterocycles. The molecule has 0 saturated carbocycles. The molecule has 1 aromatic heterocycles. The van der Waals surface area contributed by atoms with Crippen LogP contribution in [-0.4, -0.2) is 21.2 Å². The minimum absolute atomic E-state index is 0.147. The first-order chi connectivity index (χ1) is 6.77. The van der Waals surface area contributed by atoms with Crippen molar-refractivity contribution in [3.05, 3.63) is 36.2 Å². The Morgan fingerprint density at radius 1 is 1.29 bits per heavy atom. The molecule has 0 saturated heterocycles. The second-order valence-electron chi connectivity index (χ2n) is 2.70. The van der Waals surface area contributed by atoms with Crippen molar-refractivity contribution >= 4 is 5.97 Å². The third kappa shape index (κ3) is 1.47. The highest BCUT2D eigenvalue weighted by Crippen LogP contribution is 2.13. The van der Waals surface area contributed by atoms with Gasteiger partial charge in [-0.15, -0.1) is 0 Å². The Bertz CT molecular complexity index is 434. The predicted octanol–water partition coefficient (Wildman–Crippen LogP) is -0.165. The number of aromatic amines is 1. The van der Waals surface area contributed by atoms with E-state index < -0.39 is 5.97 Å². The van der Waals surface area contributed by atoms with Crippen molar-refractivity contribution in [2.24, 2.45) is 0 Å². The minimum Gasteiger partial charge on any atom is -0.545 e. The zero-order valence-electron chi connectivity index (χ0n) is 7.10. The number of aromatic carboxylic acids is 1. The first-order valence-electron chi connectivity index (χ1n) is 3.94. The average molecular weight is 188 g/mol. The molecule has 1 aromatic carbocycles. The number of benzene rings is 1. The van der Waals surface area contributed by atoms with Gasteiger partial charge in [0.2, 0.25) is 0 Å². The van der Waals surface area contributed by atoms with Crippen LogP contribution in [0.5, 0.6) is 0 Å². The number of hydrogen-bond donors (Lipinski definition) is 1. The summed E-state index contributed by atoms with van der Waals surface area (Å²) in [6.45, 7) is 0. The summed E-state index contributed by atoms with van der Waals surface area (Å²) in [5.74, 6) is -0.580. The zero-order valence-corrected chi connectivity index (χ0v) is 7.10. The molecule has 0 unspecified atom stereocenters. The molecule has 5 nitrogen and oxygen atoms in total. The van der Waals surface area contributed by atoms with Crippen LogP contribution in [0.25, 0.3) is 11.4 Å². The Kier molecular flexibility index (Phi) is 1.98. The lowest BCUT2D eigenvalue weighted by Gasteiger charge is -2.02. The second kappa shape index (κ2) is 3.29. The van der Waals surface area contributed by atoms with Crippen molar-refractivity contribution in [2.75, 3.05) is 0 Å². The van der Waals surface area contributed by atoms with Crippen LogP contribution in [0.15, 0.2) is 30.6 Å². The Morgan fingerprint density at radius 3 is 2.50 bits per heavy atom. The molecule has 0 atom stereocenters. The summed E-state index contributed by atoms with van der Waals surface area (Å²) in [5.41, 5.74) is 0.931. The fourth-order valence-corrected chi connectivity index (χ4v) is 1.11. The van der Waals surface area contributed by atoms with Gasteiger partial charge in [-0.05, 0) is 5.56 Å². The molecule has 2 aromatic rings.